The van der Waals surface area contributed by atoms with Gasteiger partial charge < -0.3 is 20.1 Å². The smallest absolute Gasteiger partial charge is 0.255 e. The Balaban J connectivity index is 1.58. The van der Waals surface area contributed by atoms with Crippen LogP contribution in [0.4, 0.5) is 5.69 Å². The summed E-state index contributed by atoms with van der Waals surface area (Å²) in [5.41, 5.74) is 0.954. The molecule has 0 saturated heterocycles. The average molecular weight is 400 g/mol. The molecule has 0 radical (unpaired) electrons. The Bertz CT molecular complexity index is 856. The number of nitrogens with one attached hydrogen (secondary N) is 2. The number of ether oxygens (including phenoxy) is 2. The highest BCUT2D eigenvalue weighted by Gasteiger charge is 2.18. The van der Waals surface area contributed by atoms with E-state index in [4.69, 9.17) is 9.47 Å². The molecule has 2 aromatic rings. The van der Waals surface area contributed by atoms with Gasteiger partial charge in [0, 0.05) is 17.8 Å². The molecule has 3 rings (SSSR count). The van der Waals surface area contributed by atoms with Crippen LogP contribution in [0.5, 0.6) is 11.5 Å². The zero-order valence-corrected chi connectivity index (χ0v) is 17.1. The van der Waals surface area contributed by atoms with Crippen LogP contribution >= 0.6 is 0 Å². The lowest BCUT2D eigenvalue weighted by molar-refractivity contribution is -0.122. The highest BCUT2D eigenvalue weighted by Crippen LogP contribution is 2.29. The molecule has 1 aliphatic rings. The zero-order chi connectivity index (χ0) is 20.8. The fourth-order valence-electron chi connectivity index (χ4n) is 3.37. The standard InChI is InChI=1S/C21H28N4O4/c1-14(2)29-18-9-8-15(10-19(18)28-3)21(27)24-17-11-22-25(12-17)13-20(26)23-16-6-4-5-7-16/h8-12,14,16H,4-7,13H2,1-3H3,(H,23,26)(H,24,27). The third-order valence-corrected chi connectivity index (χ3v) is 4.71. The van der Waals surface area contributed by atoms with E-state index in [2.05, 4.69) is 15.7 Å². The van der Waals surface area contributed by atoms with Crippen LogP contribution in [0.25, 0.3) is 0 Å². The number of carbonyl (C=O) groups excluding carboxylic acids is 2. The number of anilines is 1. The van der Waals surface area contributed by atoms with Crippen LogP contribution < -0.4 is 20.1 Å². The van der Waals surface area contributed by atoms with Gasteiger partial charge in [0.1, 0.15) is 6.54 Å². The Morgan fingerprint density at radius 3 is 2.69 bits per heavy atom. The normalized spacial score (nSPS) is 14.1. The van der Waals surface area contributed by atoms with E-state index in [1.807, 2.05) is 13.8 Å². The van der Waals surface area contributed by atoms with Crippen molar-refractivity contribution in [2.75, 3.05) is 12.4 Å². The third kappa shape index (κ3) is 5.73. The van der Waals surface area contributed by atoms with Crippen LogP contribution in [0.2, 0.25) is 0 Å². The van der Waals surface area contributed by atoms with E-state index in [0.717, 1.165) is 25.7 Å². The molecule has 0 bridgehead atoms. The summed E-state index contributed by atoms with van der Waals surface area (Å²) in [4.78, 5) is 24.7. The molecule has 1 saturated carbocycles. The van der Waals surface area contributed by atoms with Crippen molar-refractivity contribution < 1.29 is 19.1 Å². The number of benzene rings is 1. The van der Waals surface area contributed by atoms with Gasteiger partial charge >= 0.3 is 0 Å². The predicted octanol–water partition coefficient (Wildman–Crippen LogP) is 2.99. The molecule has 0 spiro atoms. The highest BCUT2D eigenvalue weighted by molar-refractivity contribution is 6.04. The van der Waals surface area contributed by atoms with Crippen molar-refractivity contribution in [1.29, 1.82) is 0 Å². The number of nitrogens with zero attached hydrogens (tertiary/aromatic N) is 2. The zero-order valence-electron chi connectivity index (χ0n) is 17.1. The largest absolute Gasteiger partial charge is 0.493 e. The summed E-state index contributed by atoms with van der Waals surface area (Å²) in [7, 11) is 1.53. The fourth-order valence-corrected chi connectivity index (χ4v) is 3.37. The van der Waals surface area contributed by atoms with Crippen molar-refractivity contribution in [3.8, 4) is 11.5 Å². The number of hydrogen-bond acceptors (Lipinski definition) is 5. The minimum atomic E-state index is -0.297. The second-order valence-corrected chi connectivity index (χ2v) is 7.46. The Morgan fingerprint density at radius 2 is 2.00 bits per heavy atom. The molecule has 1 aromatic heterocycles. The van der Waals surface area contributed by atoms with Gasteiger partial charge in [-0.1, -0.05) is 12.8 Å². The number of hydrogen-bond donors (Lipinski definition) is 2. The maximum Gasteiger partial charge on any atom is 0.255 e. The average Bonchev–Trinajstić information content (AvgIpc) is 3.33. The van der Waals surface area contributed by atoms with E-state index >= 15 is 0 Å². The Morgan fingerprint density at radius 1 is 1.24 bits per heavy atom. The predicted molar refractivity (Wildman–Crippen MR) is 109 cm³/mol. The molecule has 8 heteroatoms. The van der Waals surface area contributed by atoms with E-state index in [1.54, 1.807) is 24.4 Å². The highest BCUT2D eigenvalue weighted by atomic mass is 16.5. The molecule has 2 N–H and O–H groups in total. The van der Waals surface area contributed by atoms with Crippen molar-refractivity contribution in [1.82, 2.24) is 15.1 Å². The number of aromatic nitrogens is 2. The molecule has 2 amide bonds. The number of rotatable bonds is 8. The van der Waals surface area contributed by atoms with E-state index in [9.17, 15) is 9.59 Å². The Hall–Kier alpha value is -3.03. The van der Waals surface area contributed by atoms with Crippen LogP contribution in [0.1, 0.15) is 49.9 Å². The lowest BCUT2D eigenvalue weighted by Gasteiger charge is -2.14. The molecular formula is C21H28N4O4. The Kier molecular flexibility index (Phi) is 6.74. The fraction of sp³-hybridized carbons (Fsp3) is 0.476. The molecule has 29 heavy (non-hydrogen) atoms. The number of amides is 2. The topological polar surface area (TPSA) is 94.5 Å². The Labute approximate surface area is 170 Å². The van der Waals surface area contributed by atoms with E-state index in [0.29, 0.717) is 22.7 Å². The second kappa shape index (κ2) is 9.45. The van der Waals surface area contributed by atoms with Crippen LogP contribution in [0.15, 0.2) is 30.6 Å². The molecule has 0 atom stereocenters. The molecule has 0 unspecified atom stereocenters. The van der Waals surface area contributed by atoms with E-state index in [1.165, 1.54) is 18.0 Å². The molecule has 0 aliphatic heterocycles. The van der Waals surface area contributed by atoms with Gasteiger partial charge in [-0.05, 0) is 44.9 Å². The van der Waals surface area contributed by atoms with Crippen molar-refractivity contribution in [3.63, 3.8) is 0 Å². The summed E-state index contributed by atoms with van der Waals surface area (Å²) in [6.45, 7) is 3.97. The van der Waals surface area contributed by atoms with Gasteiger partial charge in [0.05, 0.1) is 25.1 Å². The molecule has 1 heterocycles. The van der Waals surface area contributed by atoms with Crippen LogP contribution in [-0.4, -0.2) is 40.9 Å². The van der Waals surface area contributed by atoms with Crippen LogP contribution in [0, 0.1) is 0 Å². The van der Waals surface area contributed by atoms with Gasteiger partial charge in [-0.15, -0.1) is 0 Å². The third-order valence-electron chi connectivity index (χ3n) is 4.71. The van der Waals surface area contributed by atoms with Crippen LogP contribution in [0.3, 0.4) is 0 Å². The monoisotopic (exact) mass is 400 g/mol. The molecule has 156 valence electrons. The SMILES string of the molecule is COc1cc(C(=O)Nc2cnn(CC(=O)NC3CCCC3)c2)ccc1OC(C)C. The molecular weight excluding hydrogens is 372 g/mol. The van der Waals surface area contributed by atoms with Gasteiger partial charge in [0.2, 0.25) is 5.91 Å². The molecule has 1 aromatic carbocycles. The summed E-state index contributed by atoms with van der Waals surface area (Å²) in [6.07, 6.45) is 7.57. The first-order valence-electron chi connectivity index (χ1n) is 9.92. The minimum Gasteiger partial charge on any atom is -0.493 e. The lowest BCUT2D eigenvalue weighted by Crippen LogP contribution is -2.35. The van der Waals surface area contributed by atoms with Gasteiger partial charge in [-0.2, -0.15) is 5.10 Å². The van der Waals surface area contributed by atoms with Crippen molar-refractivity contribution >= 4 is 17.5 Å². The van der Waals surface area contributed by atoms with E-state index in [-0.39, 0.29) is 30.5 Å². The quantitative estimate of drug-likeness (QED) is 0.710. The summed E-state index contributed by atoms with van der Waals surface area (Å²) < 4.78 is 12.5. The first kappa shape index (κ1) is 20.7. The van der Waals surface area contributed by atoms with Gasteiger partial charge in [-0.25, -0.2) is 0 Å². The second-order valence-electron chi connectivity index (χ2n) is 7.46. The van der Waals surface area contributed by atoms with Crippen LogP contribution in [-0.2, 0) is 11.3 Å². The first-order chi connectivity index (χ1) is 13.9. The summed E-state index contributed by atoms with van der Waals surface area (Å²) in [5.74, 6) is 0.712. The van der Waals surface area contributed by atoms with E-state index < -0.39 is 0 Å². The summed E-state index contributed by atoms with van der Waals surface area (Å²) in [6, 6.07) is 5.29. The molecule has 1 fully saturated rings. The molecule has 8 nitrogen and oxygen atoms in total. The first-order valence-corrected chi connectivity index (χ1v) is 9.92. The molecule has 1 aliphatic carbocycles. The number of carbonyl (C=O) groups is 2. The van der Waals surface area contributed by atoms with Gasteiger partial charge in [0.15, 0.2) is 11.5 Å². The van der Waals surface area contributed by atoms with Crippen molar-refractivity contribution in [2.45, 2.75) is 58.2 Å². The minimum absolute atomic E-state index is 0.000263. The summed E-state index contributed by atoms with van der Waals surface area (Å²) in [5, 5.41) is 9.96. The summed E-state index contributed by atoms with van der Waals surface area (Å²) >= 11 is 0. The number of methoxy groups -OCH3 is 1. The maximum atomic E-state index is 12.6. The lowest BCUT2D eigenvalue weighted by atomic mass is 10.2. The van der Waals surface area contributed by atoms with Gasteiger partial charge in [-0.3, -0.25) is 14.3 Å². The van der Waals surface area contributed by atoms with Gasteiger partial charge in [0.25, 0.3) is 5.91 Å². The van der Waals surface area contributed by atoms with Crippen molar-refractivity contribution in [3.05, 3.63) is 36.2 Å². The maximum absolute atomic E-state index is 12.6. The van der Waals surface area contributed by atoms with Crippen molar-refractivity contribution in [2.24, 2.45) is 0 Å².